The molecule has 0 spiro atoms. The second-order valence-electron chi connectivity index (χ2n) is 6.07. The van der Waals surface area contributed by atoms with E-state index >= 15 is 0 Å². The van der Waals surface area contributed by atoms with Crippen LogP contribution in [0.3, 0.4) is 0 Å². The van der Waals surface area contributed by atoms with Gasteiger partial charge in [-0.25, -0.2) is 18.7 Å². The van der Waals surface area contributed by atoms with Crippen molar-refractivity contribution in [3.63, 3.8) is 0 Å². The maximum atomic E-state index is 13.4. The van der Waals surface area contributed by atoms with Crippen LogP contribution in [0.5, 0.6) is 0 Å². The lowest BCUT2D eigenvalue weighted by molar-refractivity contribution is 0.509. The molecule has 0 bridgehead atoms. The lowest BCUT2D eigenvalue weighted by Crippen LogP contribution is -2.24. The van der Waals surface area contributed by atoms with Gasteiger partial charge in [-0.15, -0.1) is 0 Å². The van der Waals surface area contributed by atoms with Crippen molar-refractivity contribution in [2.24, 2.45) is 0 Å². The van der Waals surface area contributed by atoms with Crippen molar-refractivity contribution in [3.05, 3.63) is 72.1 Å². The predicted molar refractivity (Wildman–Crippen MR) is 93.4 cm³/mol. The van der Waals surface area contributed by atoms with Crippen molar-refractivity contribution in [2.75, 3.05) is 10.2 Å². The first kappa shape index (κ1) is 15.5. The summed E-state index contributed by atoms with van der Waals surface area (Å²) in [4.78, 5) is 10.7. The van der Waals surface area contributed by atoms with Crippen LogP contribution in [0.1, 0.15) is 12.5 Å². The van der Waals surface area contributed by atoms with Crippen molar-refractivity contribution in [3.8, 4) is 0 Å². The third-order valence-electron chi connectivity index (χ3n) is 4.30. The summed E-state index contributed by atoms with van der Waals surface area (Å²) in [6.45, 7) is 2.14. The molecule has 0 fully saturated rings. The van der Waals surface area contributed by atoms with Crippen molar-refractivity contribution in [1.82, 2.24) is 9.97 Å². The first-order valence-electron chi connectivity index (χ1n) is 8.03. The second-order valence-corrected chi connectivity index (χ2v) is 6.07. The molecule has 1 atom stereocenters. The lowest BCUT2D eigenvalue weighted by atomic mass is 10.1. The first-order valence-corrected chi connectivity index (χ1v) is 8.03. The van der Waals surface area contributed by atoms with Gasteiger partial charge in [0, 0.05) is 29.5 Å². The molecule has 0 amide bonds. The van der Waals surface area contributed by atoms with Crippen LogP contribution in [0.15, 0.2) is 54.9 Å². The molecule has 0 saturated heterocycles. The number of fused-ring (bicyclic) bond motifs is 1. The third kappa shape index (κ3) is 2.91. The zero-order valence-electron chi connectivity index (χ0n) is 13.6. The molecule has 1 aliphatic rings. The van der Waals surface area contributed by atoms with Crippen molar-refractivity contribution in [1.29, 1.82) is 0 Å². The van der Waals surface area contributed by atoms with Gasteiger partial charge in [-0.1, -0.05) is 18.2 Å². The van der Waals surface area contributed by atoms with Crippen LogP contribution in [0.25, 0.3) is 0 Å². The molecule has 6 heteroatoms. The van der Waals surface area contributed by atoms with E-state index in [1.807, 2.05) is 12.1 Å². The number of para-hydroxylation sites is 1. The predicted octanol–water partition coefficient (Wildman–Crippen LogP) is 4.58. The van der Waals surface area contributed by atoms with Crippen LogP contribution < -0.4 is 10.2 Å². The second kappa shape index (κ2) is 6.12. The van der Waals surface area contributed by atoms with Crippen molar-refractivity contribution < 1.29 is 8.78 Å². The lowest BCUT2D eigenvalue weighted by Gasteiger charge is -2.24. The summed E-state index contributed by atoms with van der Waals surface area (Å²) < 4.78 is 26.4. The van der Waals surface area contributed by atoms with Crippen LogP contribution in [0, 0.1) is 11.6 Å². The van der Waals surface area contributed by atoms with Crippen LogP contribution in [0.4, 0.5) is 31.8 Å². The van der Waals surface area contributed by atoms with Crippen LogP contribution in [0.2, 0.25) is 0 Å². The average Bonchev–Trinajstić information content (AvgIpc) is 2.94. The summed E-state index contributed by atoms with van der Waals surface area (Å²) in [6.07, 6.45) is 2.41. The van der Waals surface area contributed by atoms with Crippen molar-refractivity contribution >= 4 is 23.0 Å². The van der Waals surface area contributed by atoms with E-state index in [4.69, 9.17) is 0 Å². The Bertz CT molecular complexity index is 929. The molecule has 1 N–H and O–H groups in total. The summed E-state index contributed by atoms with van der Waals surface area (Å²) >= 11 is 0. The quantitative estimate of drug-likeness (QED) is 0.759. The number of nitrogens with one attached hydrogen (secondary N) is 1. The van der Waals surface area contributed by atoms with Gasteiger partial charge in [0.05, 0.1) is 0 Å². The summed E-state index contributed by atoms with van der Waals surface area (Å²) in [5.41, 5.74) is 2.84. The van der Waals surface area contributed by atoms with E-state index in [-0.39, 0.29) is 6.04 Å². The van der Waals surface area contributed by atoms with E-state index in [0.717, 1.165) is 30.1 Å². The number of benzene rings is 2. The Morgan fingerprint density at radius 1 is 1.04 bits per heavy atom. The first-order chi connectivity index (χ1) is 12.1. The number of hydrogen-bond donors (Lipinski definition) is 1. The molecule has 0 radical (unpaired) electrons. The van der Waals surface area contributed by atoms with E-state index < -0.39 is 11.6 Å². The smallest absolute Gasteiger partial charge is 0.160 e. The minimum absolute atomic E-state index is 0.281. The molecule has 1 aromatic heterocycles. The standard InChI is InChI=1S/C19H16F2N4/c1-12-8-13-4-2-3-5-17(13)25(12)19-10-18(22-11-23-19)24-14-6-7-15(20)16(21)9-14/h2-7,9-12H,8H2,1H3,(H,22,23,24). The van der Waals surface area contributed by atoms with E-state index in [2.05, 4.69) is 39.2 Å². The third-order valence-corrected chi connectivity index (χ3v) is 4.30. The monoisotopic (exact) mass is 338 g/mol. The summed E-state index contributed by atoms with van der Waals surface area (Å²) in [7, 11) is 0. The zero-order valence-corrected chi connectivity index (χ0v) is 13.6. The SMILES string of the molecule is CC1Cc2ccccc2N1c1cc(Nc2ccc(F)c(F)c2)ncn1. The Morgan fingerprint density at radius 3 is 2.72 bits per heavy atom. The molecule has 1 unspecified atom stereocenters. The number of anilines is 4. The fourth-order valence-electron chi connectivity index (χ4n) is 3.18. The van der Waals surface area contributed by atoms with Gasteiger partial charge in [0.1, 0.15) is 18.0 Å². The van der Waals surface area contributed by atoms with Gasteiger partial charge in [0.25, 0.3) is 0 Å². The Hall–Kier alpha value is -3.02. The largest absolute Gasteiger partial charge is 0.340 e. The van der Waals surface area contributed by atoms with E-state index in [9.17, 15) is 8.78 Å². The van der Waals surface area contributed by atoms with Gasteiger partial charge in [-0.05, 0) is 37.1 Å². The summed E-state index contributed by atoms with van der Waals surface area (Å²) in [5, 5.41) is 2.99. The molecular weight excluding hydrogens is 322 g/mol. The minimum atomic E-state index is -0.902. The maximum Gasteiger partial charge on any atom is 0.160 e. The molecule has 126 valence electrons. The van der Waals surface area contributed by atoms with Gasteiger partial charge < -0.3 is 10.2 Å². The van der Waals surface area contributed by atoms with Crippen LogP contribution in [-0.4, -0.2) is 16.0 Å². The molecule has 4 nitrogen and oxygen atoms in total. The Labute approximate surface area is 144 Å². The number of aromatic nitrogens is 2. The summed E-state index contributed by atoms with van der Waals surface area (Å²) in [6, 6.07) is 14.0. The fourth-order valence-corrected chi connectivity index (χ4v) is 3.18. The molecule has 0 saturated carbocycles. The number of halogens is 2. The van der Waals surface area contributed by atoms with Gasteiger partial charge in [-0.2, -0.15) is 0 Å². The minimum Gasteiger partial charge on any atom is -0.340 e. The van der Waals surface area contributed by atoms with Gasteiger partial charge in [0.15, 0.2) is 11.6 Å². The summed E-state index contributed by atoms with van der Waals surface area (Å²) in [5.74, 6) is -0.497. The van der Waals surface area contributed by atoms with Crippen LogP contribution in [-0.2, 0) is 6.42 Å². The number of nitrogens with zero attached hydrogens (tertiary/aromatic N) is 3. The average molecular weight is 338 g/mol. The van der Waals surface area contributed by atoms with Gasteiger partial charge in [0.2, 0.25) is 0 Å². The highest BCUT2D eigenvalue weighted by Gasteiger charge is 2.27. The normalized spacial score (nSPS) is 16.0. The molecule has 4 rings (SSSR count). The Morgan fingerprint density at radius 2 is 1.88 bits per heavy atom. The van der Waals surface area contributed by atoms with Gasteiger partial charge in [-0.3, -0.25) is 0 Å². The number of hydrogen-bond acceptors (Lipinski definition) is 4. The highest BCUT2D eigenvalue weighted by atomic mass is 19.2. The molecular formula is C19H16F2N4. The highest BCUT2D eigenvalue weighted by molar-refractivity contribution is 5.71. The Balaban J connectivity index is 1.65. The molecule has 1 aliphatic heterocycles. The topological polar surface area (TPSA) is 41.0 Å². The Kier molecular flexibility index (Phi) is 3.80. The number of rotatable bonds is 3. The van der Waals surface area contributed by atoms with Crippen molar-refractivity contribution in [2.45, 2.75) is 19.4 Å². The van der Waals surface area contributed by atoms with E-state index in [0.29, 0.717) is 11.5 Å². The maximum absolute atomic E-state index is 13.4. The molecule has 3 aromatic rings. The molecule has 0 aliphatic carbocycles. The molecule has 2 heterocycles. The van der Waals surface area contributed by atoms with Gasteiger partial charge >= 0.3 is 0 Å². The van der Waals surface area contributed by atoms with E-state index in [1.54, 1.807) is 6.07 Å². The molecule has 25 heavy (non-hydrogen) atoms. The zero-order chi connectivity index (χ0) is 17.4. The van der Waals surface area contributed by atoms with Crippen LogP contribution >= 0.6 is 0 Å². The highest BCUT2D eigenvalue weighted by Crippen LogP contribution is 2.37. The van der Waals surface area contributed by atoms with E-state index in [1.165, 1.54) is 18.0 Å². The fraction of sp³-hybridized carbons (Fsp3) is 0.158. The molecule has 2 aromatic carbocycles.